The van der Waals surface area contributed by atoms with Crippen molar-refractivity contribution in [2.24, 2.45) is 28.6 Å². The molecule has 1 aromatic carbocycles. The number of hydrogen-bond acceptors (Lipinski definition) is 3. The minimum atomic E-state index is 0.0676. The molecule has 2 unspecified atom stereocenters. The van der Waals surface area contributed by atoms with Crippen molar-refractivity contribution in [1.82, 2.24) is 10.2 Å². The van der Waals surface area contributed by atoms with Gasteiger partial charge in [0.05, 0.1) is 13.5 Å². The third kappa shape index (κ3) is 3.50. The molecule has 178 valence electrons. The number of para-hydroxylation sites is 1. The fourth-order valence-electron chi connectivity index (χ4n) is 8.24. The van der Waals surface area contributed by atoms with Crippen LogP contribution in [-0.2, 0) is 16.0 Å². The zero-order chi connectivity index (χ0) is 23.4. The zero-order valence-electron chi connectivity index (χ0n) is 20.5. The van der Waals surface area contributed by atoms with Crippen LogP contribution in [0.1, 0.15) is 57.9 Å². The lowest BCUT2D eigenvalue weighted by molar-refractivity contribution is -0.138. The number of nitrogens with zero attached hydrogens (tertiary/aromatic N) is 1. The van der Waals surface area contributed by atoms with Crippen molar-refractivity contribution >= 4 is 11.8 Å². The number of carbonyl (C=O) groups is 2. The number of methoxy groups -OCH3 is 1. The Balaban J connectivity index is 1.31. The second-order valence-electron chi connectivity index (χ2n) is 11.3. The molecule has 3 saturated carbocycles. The van der Waals surface area contributed by atoms with Crippen LogP contribution in [-0.4, -0.2) is 43.0 Å². The van der Waals surface area contributed by atoms with E-state index in [1.165, 1.54) is 19.3 Å². The van der Waals surface area contributed by atoms with Gasteiger partial charge in [-0.25, -0.2) is 0 Å². The Bertz CT molecular complexity index is 974. The van der Waals surface area contributed by atoms with Gasteiger partial charge in [-0.2, -0.15) is 0 Å². The molecule has 1 aromatic rings. The molecule has 33 heavy (non-hydrogen) atoms. The maximum absolute atomic E-state index is 13.0. The number of amides is 2. The van der Waals surface area contributed by atoms with Crippen LogP contribution in [0.25, 0.3) is 0 Å². The van der Waals surface area contributed by atoms with Gasteiger partial charge >= 0.3 is 0 Å². The summed E-state index contributed by atoms with van der Waals surface area (Å²) in [6.07, 6.45) is 11.3. The summed E-state index contributed by atoms with van der Waals surface area (Å²) < 4.78 is 5.44. The van der Waals surface area contributed by atoms with Gasteiger partial charge < -0.3 is 15.0 Å². The Morgan fingerprint density at radius 3 is 2.70 bits per heavy atom. The lowest BCUT2D eigenvalue weighted by Crippen LogP contribution is -2.60. The first kappa shape index (κ1) is 22.5. The predicted octanol–water partition coefficient (Wildman–Crippen LogP) is 4.36. The smallest absolute Gasteiger partial charge is 0.246 e. The summed E-state index contributed by atoms with van der Waals surface area (Å²) in [5.41, 5.74) is 1.16. The highest BCUT2D eigenvalue weighted by Crippen LogP contribution is 2.63. The summed E-state index contributed by atoms with van der Waals surface area (Å²) in [4.78, 5) is 27.3. The summed E-state index contributed by atoms with van der Waals surface area (Å²) in [7, 11) is 3.63. The van der Waals surface area contributed by atoms with Crippen molar-refractivity contribution in [3.05, 3.63) is 42.0 Å². The Labute approximate surface area is 197 Å². The van der Waals surface area contributed by atoms with E-state index >= 15 is 0 Å². The number of benzene rings is 1. The molecule has 4 aliphatic rings. The summed E-state index contributed by atoms with van der Waals surface area (Å²) in [6, 6.07) is 8.34. The molecule has 0 radical (unpaired) electrons. The first-order valence-corrected chi connectivity index (χ1v) is 12.6. The topological polar surface area (TPSA) is 58.6 Å². The maximum Gasteiger partial charge on any atom is 0.246 e. The fraction of sp³-hybridized carbons (Fsp3) is 0.643. The molecule has 0 saturated heterocycles. The SMILES string of the molecule is COc1ccccc1CC(=O)NC1CC[C@H]2[C@@H]3CCC4N(C)C(=O)C=C[C@]4(C)[C@@H]3CC[C@]12C. The van der Waals surface area contributed by atoms with Crippen LogP contribution < -0.4 is 10.1 Å². The van der Waals surface area contributed by atoms with Crippen molar-refractivity contribution in [3.63, 3.8) is 0 Å². The van der Waals surface area contributed by atoms with E-state index in [1.807, 2.05) is 42.3 Å². The van der Waals surface area contributed by atoms with E-state index in [0.717, 1.165) is 30.6 Å². The van der Waals surface area contributed by atoms with Gasteiger partial charge in [-0.1, -0.05) is 38.1 Å². The van der Waals surface area contributed by atoms with E-state index in [1.54, 1.807) is 7.11 Å². The molecule has 5 nitrogen and oxygen atoms in total. The standard InChI is InChI=1S/C28H38N2O3/c1-27-15-13-21-19(9-12-24-28(21,2)16-14-26(32)30(24)3)20(27)10-11-23(27)29-25(31)17-18-7-5-6-8-22(18)33-4/h5-8,14,16,19-21,23-24H,9-13,15,17H2,1-4H3,(H,29,31)/t19-,20-,21+,23?,24?,27-,28+/m0/s1. The second kappa shape index (κ2) is 8.18. The molecule has 3 fully saturated rings. The number of hydrogen-bond donors (Lipinski definition) is 1. The third-order valence-electron chi connectivity index (χ3n) is 10.0. The molecule has 5 heteroatoms. The molecule has 2 amide bonds. The van der Waals surface area contributed by atoms with Crippen molar-refractivity contribution in [3.8, 4) is 5.75 Å². The van der Waals surface area contributed by atoms with Crippen LogP contribution in [0.3, 0.4) is 0 Å². The summed E-state index contributed by atoms with van der Waals surface area (Å²) in [5, 5.41) is 3.43. The maximum atomic E-state index is 13.0. The van der Waals surface area contributed by atoms with E-state index in [0.29, 0.717) is 30.2 Å². The minimum Gasteiger partial charge on any atom is -0.496 e. The van der Waals surface area contributed by atoms with Crippen molar-refractivity contribution in [2.45, 2.75) is 70.9 Å². The molecule has 5 rings (SSSR count). The number of ether oxygens (including phenoxy) is 1. The Kier molecular flexibility index (Phi) is 5.57. The van der Waals surface area contributed by atoms with Crippen LogP contribution in [0.2, 0.25) is 0 Å². The average molecular weight is 451 g/mol. The Morgan fingerprint density at radius 1 is 1.12 bits per heavy atom. The van der Waals surface area contributed by atoms with Gasteiger partial charge in [-0.05, 0) is 73.8 Å². The highest BCUT2D eigenvalue weighted by Gasteiger charge is 2.60. The van der Waals surface area contributed by atoms with Crippen LogP contribution in [0.4, 0.5) is 0 Å². The molecular weight excluding hydrogens is 412 g/mol. The molecule has 3 aliphatic carbocycles. The van der Waals surface area contributed by atoms with Crippen molar-refractivity contribution < 1.29 is 14.3 Å². The van der Waals surface area contributed by atoms with Gasteiger partial charge in [0, 0.05) is 30.1 Å². The Hall–Kier alpha value is -2.30. The molecule has 0 bridgehead atoms. The number of nitrogens with one attached hydrogen (secondary N) is 1. The second-order valence-corrected chi connectivity index (χ2v) is 11.3. The average Bonchev–Trinajstić information content (AvgIpc) is 3.13. The lowest BCUT2D eigenvalue weighted by atomic mass is 9.48. The molecule has 0 spiro atoms. The highest BCUT2D eigenvalue weighted by atomic mass is 16.5. The summed E-state index contributed by atoms with van der Waals surface area (Å²) in [5.74, 6) is 2.95. The predicted molar refractivity (Wildman–Crippen MR) is 129 cm³/mol. The number of likely N-dealkylation sites (N-methyl/N-ethyl adjacent to an activating group) is 1. The van der Waals surface area contributed by atoms with Crippen molar-refractivity contribution in [1.29, 1.82) is 0 Å². The first-order valence-electron chi connectivity index (χ1n) is 12.6. The van der Waals surface area contributed by atoms with Gasteiger partial charge in [0.1, 0.15) is 5.75 Å². The normalized spacial score (nSPS) is 39.5. The van der Waals surface area contributed by atoms with Crippen LogP contribution in [0.5, 0.6) is 5.75 Å². The van der Waals surface area contributed by atoms with Gasteiger partial charge in [0.2, 0.25) is 11.8 Å². The zero-order valence-corrected chi connectivity index (χ0v) is 20.5. The van der Waals surface area contributed by atoms with E-state index in [2.05, 4.69) is 25.2 Å². The largest absolute Gasteiger partial charge is 0.496 e. The van der Waals surface area contributed by atoms with Crippen LogP contribution in [0, 0.1) is 28.6 Å². The molecule has 1 aliphatic heterocycles. The van der Waals surface area contributed by atoms with E-state index in [9.17, 15) is 9.59 Å². The van der Waals surface area contributed by atoms with Gasteiger partial charge in [0.15, 0.2) is 0 Å². The lowest BCUT2D eigenvalue weighted by Gasteiger charge is -2.60. The number of rotatable bonds is 4. The monoisotopic (exact) mass is 450 g/mol. The van der Waals surface area contributed by atoms with Crippen LogP contribution >= 0.6 is 0 Å². The quantitative estimate of drug-likeness (QED) is 0.741. The van der Waals surface area contributed by atoms with Crippen molar-refractivity contribution in [2.75, 3.05) is 14.2 Å². The summed E-state index contributed by atoms with van der Waals surface area (Å²) in [6.45, 7) is 4.81. The first-order chi connectivity index (χ1) is 15.8. The van der Waals surface area contributed by atoms with Gasteiger partial charge in [-0.3, -0.25) is 9.59 Å². The van der Waals surface area contributed by atoms with Crippen LogP contribution in [0.15, 0.2) is 36.4 Å². The van der Waals surface area contributed by atoms with Gasteiger partial charge in [0.25, 0.3) is 0 Å². The molecule has 7 atom stereocenters. The van der Waals surface area contributed by atoms with E-state index < -0.39 is 0 Å². The van der Waals surface area contributed by atoms with E-state index in [-0.39, 0.29) is 28.7 Å². The molecule has 1 N–H and O–H groups in total. The molecular formula is C28H38N2O3. The Morgan fingerprint density at radius 2 is 1.91 bits per heavy atom. The molecule has 1 heterocycles. The summed E-state index contributed by atoms with van der Waals surface area (Å²) >= 11 is 0. The third-order valence-corrected chi connectivity index (χ3v) is 10.0. The minimum absolute atomic E-state index is 0.0676. The van der Waals surface area contributed by atoms with E-state index in [4.69, 9.17) is 4.74 Å². The number of carbonyl (C=O) groups excluding carboxylic acids is 2. The fourth-order valence-corrected chi connectivity index (χ4v) is 8.24. The van der Waals surface area contributed by atoms with Gasteiger partial charge in [-0.15, -0.1) is 0 Å². The number of fused-ring (bicyclic) bond motifs is 5. The highest BCUT2D eigenvalue weighted by molar-refractivity contribution is 5.89. The molecule has 0 aromatic heterocycles.